The molecule has 36 heavy (non-hydrogen) atoms. The summed E-state index contributed by atoms with van der Waals surface area (Å²) in [6.07, 6.45) is 3.20. The molecule has 1 fully saturated rings. The van der Waals surface area contributed by atoms with E-state index in [4.69, 9.17) is 14.2 Å². The van der Waals surface area contributed by atoms with E-state index in [9.17, 15) is 14.4 Å². The maximum absolute atomic E-state index is 13.6. The number of hydrogen-bond acceptors (Lipinski definition) is 6. The minimum absolute atomic E-state index is 0.109. The van der Waals surface area contributed by atoms with Crippen molar-refractivity contribution < 1.29 is 28.6 Å². The van der Waals surface area contributed by atoms with Crippen molar-refractivity contribution in [2.45, 2.75) is 45.6 Å². The maximum atomic E-state index is 13.6. The molecular weight excluding hydrogens is 528 g/mol. The Morgan fingerprint density at radius 3 is 2.61 bits per heavy atom. The van der Waals surface area contributed by atoms with E-state index in [1.165, 1.54) is 0 Å². The first-order valence-corrected chi connectivity index (χ1v) is 13.2. The number of halogens is 1. The van der Waals surface area contributed by atoms with E-state index >= 15 is 0 Å². The molecule has 2 aromatic rings. The van der Waals surface area contributed by atoms with Gasteiger partial charge in [-0.25, -0.2) is 0 Å². The van der Waals surface area contributed by atoms with Crippen LogP contribution in [0.4, 0.5) is 5.69 Å². The highest BCUT2D eigenvalue weighted by atomic mass is 79.9. The van der Waals surface area contributed by atoms with Crippen molar-refractivity contribution in [3.63, 3.8) is 0 Å². The van der Waals surface area contributed by atoms with Gasteiger partial charge in [0.2, 0.25) is 12.7 Å². The van der Waals surface area contributed by atoms with E-state index in [1.54, 1.807) is 17.9 Å². The largest absolute Gasteiger partial charge is 0.466 e. The number of carbonyl (C=O) groups is 3. The smallest absolute Gasteiger partial charge is 0.308 e. The Balaban J connectivity index is 1.29. The number of fused-ring (bicyclic) bond motifs is 2. The summed E-state index contributed by atoms with van der Waals surface area (Å²) in [6, 6.07) is 9.37. The predicted molar refractivity (Wildman–Crippen MR) is 136 cm³/mol. The van der Waals surface area contributed by atoms with Gasteiger partial charge in [-0.05, 0) is 74.4 Å². The zero-order valence-corrected chi connectivity index (χ0v) is 21.8. The van der Waals surface area contributed by atoms with Crippen LogP contribution in [0.15, 0.2) is 34.8 Å². The van der Waals surface area contributed by atoms with Crippen molar-refractivity contribution in [2.24, 2.45) is 11.8 Å². The number of amides is 2. The number of esters is 1. The second-order valence-electron chi connectivity index (χ2n) is 9.40. The molecule has 0 bridgehead atoms. The van der Waals surface area contributed by atoms with Gasteiger partial charge in [-0.2, -0.15) is 0 Å². The lowest BCUT2D eigenvalue weighted by atomic mass is 9.81. The minimum Gasteiger partial charge on any atom is -0.466 e. The fourth-order valence-electron chi connectivity index (χ4n) is 5.22. The average molecular weight is 557 g/mol. The van der Waals surface area contributed by atoms with E-state index in [0.29, 0.717) is 74.6 Å². The predicted octanol–water partition coefficient (Wildman–Crippen LogP) is 4.68. The van der Waals surface area contributed by atoms with Crippen molar-refractivity contribution in [2.75, 3.05) is 25.3 Å². The third-order valence-electron chi connectivity index (χ3n) is 7.17. The summed E-state index contributed by atoms with van der Waals surface area (Å²) in [6.45, 7) is 3.39. The molecule has 0 radical (unpaired) electrons. The molecule has 9 heteroatoms. The highest BCUT2D eigenvalue weighted by molar-refractivity contribution is 9.10. The van der Waals surface area contributed by atoms with Crippen LogP contribution in [0.3, 0.4) is 0 Å². The summed E-state index contributed by atoms with van der Waals surface area (Å²) in [4.78, 5) is 40.6. The van der Waals surface area contributed by atoms with E-state index < -0.39 is 0 Å². The number of benzene rings is 2. The fraction of sp³-hybridized carbons (Fsp3) is 0.444. The number of anilines is 1. The van der Waals surface area contributed by atoms with Crippen LogP contribution in [0.1, 0.15) is 54.1 Å². The van der Waals surface area contributed by atoms with Crippen molar-refractivity contribution in [3.8, 4) is 11.5 Å². The quantitative estimate of drug-likeness (QED) is 0.519. The van der Waals surface area contributed by atoms with Gasteiger partial charge < -0.3 is 24.4 Å². The SMILES string of the molecule is CCOC(=O)C1CCC(C(=O)Nc2ccc(Br)c3c2C(=O)N(Cc2ccc4c(c2)OCO4)CC3)CC1. The first kappa shape index (κ1) is 24.6. The molecule has 2 heterocycles. The number of rotatable bonds is 6. The number of nitrogens with zero attached hydrogens (tertiary/aromatic N) is 1. The van der Waals surface area contributed by atoms with Gasteiger partial charge in [0.15, 0.2) is 11.5 Å². The van der Waals surface area contributed by atoms with Gasteiger partial charge in [-0.1, -0.05) is 22.0 Å². The van der Waals surface area contributed by atoms with Gasteiger partial charge >= 0.3 is 5.97 Å². The number of hydrogen-bond donors (Lipinski definition) is 1. The molecule has 8 nitrogen and oxygen atoms in total. The van der Waals surface area contributed by atoms with Crippen LogP contribution in [0.2, 0.25) is 0 Å². The molecule has 0 atom stereocenters. The highest BCUT2D eigenvalue weighted by Gasteiger charge is 2.33. The summed E-state index contributed by atoms with van der Waals surface area (Å²) >= 11 is 3.58. The molecule has 3 aliphatic rings. The third kappa shape index (κ3) is 4.93. The van der Waals surface area contributed by atoms with Crippen molar-refractivity contribution >= 4 is 39.4 Å². The number of nitrogens with one attached hydrogen (secondary N) is 1. The highest BCUT2D eigenvalue weighted by Crippen LogP contribution is 2.36. The molecule has 2 amide bonds. The normalized spacial score (nSPS) is 20.6. The maximum Gasteiger partial charge on any atom is 0.308 e. The Hall–Kier alpha value is -3.07. The summed E-state index contributed by atoms with van der Waals surface area (Å²) < 4.78 is 16.9. The molecule has 190 valence electrons. The van der Waals surface area contributed by atoms with Crippen molar-refractivity contribution in [3.05, 3.63) is 51.5 Å². The summed E-state index contributed by atoms with van der Waals surface area (Å²) in [5.74, 6) is 0.662. The van der Waals surface area contributed by atoms with Gasteiger partial charge in [-0.15, -0.1) is 0 Å². The van der Waals surface area contributed by atoms with E-state index in [1.807, 2.05) is 24.3 Å². The second kappa shape index (κ2) is 10.5. The Kier molecular flexibility index (Phi) is 7.18. The molecule has 2 aromatic carbocycles. The van der Waals surface area contributed by atoms with Gasteiger partial charge in [-0.3, -0.25) is 14.4 Å². The average Bonchev–Trinajstić information content (AvgIpc) is 3.35. The van der Waals surface area contributed by atoms with Crippen molar-refractivity contribution in [1.82, 2.24) is 4.90 Å². The third-order valence-corrected chi connectivity index (χ3v) is 7.92. The van der Waals surface area contributed by atoms with E-state index in [2.05, 4.69) is 21.2 Å². The fourth-order valence-corrected chi connectivity index (χ4v) is 5.75. The molecule has 1 N–H and O–H groups in total. The zero-order chi connectivity index (χ0) is 25.2. The Labute approximate surface area is 218 Å². The molecule has 0 spiro atoms. The molecule has 0 aromatic heterocycles. The second-order valence-corrected chi connectivity index (χ2v) is 10.3. The first-order chi connectivity index (χ1) is 17.4. The Bertz CT molecular complexity index is 1190. The van der Waals surface area contributed by atoms with Crippen LogP contribution >= 0.6 is 15.9 Å². The molecule has 0 saturated heterocycles. The molecule has 1 aliphatic carbocycles. The zero-order valence-electron chi connectivity index (χ0n) is 20.2. The van der Waals surface area contributed by atoms with Gasteiger partial charge in [0, 0.05) is 23.5 Å². The summed E-state index contributed by atoms with van der Waals surface area (Å²) in [5, 5.41) is 3.03. The van der Waals surface area contributed by atoms with Crippen LogP contribution < -0.4 is 14.8 Å². The lowest BCUT2D eigenvalue weighted by molar-refractivity contribution is -0.150. The molecule has 5 rings (SSSR count). The van der Waals surface area contributed by atoms with Gasteiger partial charge in [0.25, 0.3) is 5.91 Å². The lowest BCUT2D eigenvalue weighted by Gasteiger charge is -2.31. The summed E-state index contributed by atoms with van der Waals surface area (Å²) in [5.41, 5.74) is 2.93. The molecule has 2 aliphatic heterocycles. The standard InChI is InChI=1S/C27H29BrN2O6/c1-2-34-27(33)18-6-4-17(5-7-18)25(31)29-21-9-8-20(28)19-11-12-30(26(32)24(19)21)14-16-3-10-22-23(13-16)36-15-35-22/h3,8-10,13,17-18H,2,4-7,11-12,14-15H2,1H3,(H,29,31). The van der Waals surface area contributed by atoms with E-state index in [-0.39, 0.29) is 36.4 Å². The summed E-state index contributed by atoms with van der Waals surface area (Å²) in [7, 11) is 0. The Morgan fingerprint density at radius 2 is 1.83 bits per heavy atom. The van der Waals surface area contributed by atoms with Gasteiger partial charge in [0.1, 0.15) is 0 Å². The molecule has 0 unspecified atom stereocenters. The van der Waals surface area contributed by atoms with Crippen LogP contribution in [-0.4, -0.2) is 42.6 Å². The van der Waals surface area contributed by atoms with Crippen LogP contribution in [0.25, 0.3) is 0 Å². The number of carbonyl (C=O) groups excluding carboxylic acids is 3. The number of ether oxygens (including phenoxy) is 3. The monoisotopic (exact) mass is 556 g/mol. The topological polar surface area (TPSA) is 94.2 Å². The van der Waals surface area contributed by atoms with Gasteiger partial charge in [0.05, 0.1) is 23.8 Å². The van der Waals surface area contributed by atoms with E-state index in [0.717, 1.165) is 15.6 Å². The minimum atomic E-state index is -0.196. The lowest BCUT2D eigenvalue weighted by Crippen LogP contribution is -2.38. The van der Waals surface area contributed by atoms with Crippen LogP contribution in [-0.2, 0) is 27.3 Å². The Morgan fingerprint density at radius 1 is 1.08 bits per heavy atom. The van der Waals surface area contributed by atoms with Crippen LogP contribution in [0.5, 0.6) is 11.5 Å². The molecular formula is C27H29BrN2O6. The van der Waals surface area contributed by atoms with Crippen LogP contribution in [0, 0.1) is 11.8 Å². The van der Waals surface area contributed by atoms with Crippen molar-refractivity contribution in [1.29, 1.82) is 0 Å². The first-order valence-electron chi connectivity index (χ1n) is 12.4. The molecule has 1 saturated carbocycles.